The van der Waals surface area contributed by atoms with Crippen LogP contribution < -0.4 is 20.1 Å². The standard InChI is InChI=1S/C26H28N4O3.C25H26N4O3/c1-16(2)32-24-12-9-18(14-19(24)15-27)26-29-25(30-33-26)22-8-4-7-21-20(22)10-11-23(21)28-13-5-6-17(3)31;1-15(2)31-23-10-7-17(13-18(23)14-26)25-28-24(29-32-25)21-6-4-5-20-19(21)8-9-22(20)27-12-11-16(3)30/h4,7-9,12,14,16,23,28H,5-6,10-11,13H2,1-3H3;4-7,10,13,15,22,27H,8-9,11-12H2,1-3H3/t23-;22-/m01/s1. The molecule has 14 nitrogen and oxygen atoms in total. The quantitative estimate of drug-likeness (QED) is 0.0820. The van der Waals surface area contributed by atoms with Crippen molar-refractivity contribution in [2.24, 2.45) is 0 Å². The van der Waals surface area contributed by atoms with Crippen LogP contribution in [0.15, 0.2) is 81.8 Å². The van der Waals surface area contributed by atoms with Gasteiger partial charge in [0, 0.05) is 53.7 Å². The van der Waals surface area contributed by atoms with Gasteiger partial charge in [-0.1, -0.05) is 46.7 Å². The van der Waals surface area contributed by atoms with Gasteiger partial charge in [0.1, 0.15) is 35.2 Å². The number of aromatic nitrogens is 4. The highest BCUT2D eigenvalue weighted by molar-refractivity contribution is 5.76. The molecule has 0 bridgehead atoms. The molecule has 2 heterocycles. The van der Waals surface area contributed by atoms with Crippen LogP contribution in [0.25, 0.3) is 45.7 Å². The van der Waals surface area contributed by atoms with Crippen molar-refractivity contribution in [3.8, 4) is 69.3 Å². The summed E-state index contributed by atoms with van der Waals surface area (Å²) >= 11 is 0. The minimum atomic E-state index is -0.0242. The molecule has 0 saturated heterocycles. The number of nitrogens with zero attached hydrogens (tertiary/aromatic N) is 6. The van der Waals surface area contributed by atoms with Crippen molar-refractivity contribution in [2.75, 3.05) is 13.1 Å². The number of hydrogen-bond acceptors (Lipinski definition) is 14. The van der Waals surface area contributed by atoms with Gasteiger partial charge in [-0.2, -0.15) is 20.5 Å². The first-order valence-corrected chi connectivity index (χ1v) is 22.2. The molecule has 0 unspecified atom stereocenters. The van der Waals surface area contributed by atoms with Crippen LogP contribution in [-0.4, -0.2) is 57.1 Å². The van der Waals surface area contributed by atoms with Crippen LogP contribution in [0.5, 0.6) is 11.5 Å². The maximum absolute atomic E-state index is 11.2. The van der Waals surface area contributed by atoms with Crippen LogP contribution in [0.3, 0.4) is 0 Å². The number of fused-ring (bicyclic) bond motifs is 2. The van der Waals surface area contributed by atoms with E-state index in [4.69, 9.17) is 18.5 Å². The molecule has 2 atom stereocenters. The summed E-state index contributed by atoms with van der Waals surface area (Å²) < 4.78 is 22.5. The summed E-state index contributed by atoms with van der Waals surface area (Å²) in [6.45, 7) is 12.4. The predicted molar refractivity (Wildman–Crippen MR) is 245 cm³/mol. The molecule has 65 heavy (non-hydrogen) atoms. The normalized spacial score (nSPS) is 14.9. The molecule has 2 aliphatic carbocycles. The van der Waals surface area contributed by atoms with Crippen LogP contribution in [0, 0.1) is 22.7 Å². The van der Waals surface area contributed by atoms with Crippen molar-refractivity contribution in [1.82, 2.24) is 30.9 Å². The molecule has 0 radical (unpaired) electrons. The maximum Gasteiger partial charge on any atom is 0.258 e. The highest BCUT2D eigenvalue weighted by Crippen LogP contribution is 2.39. The zero-order valence-electron chi connectivity index (χ0n) is 37.7. The van der Waals surface area contributed by atoms with Gasteiger partial charge in [0.15, 0.2) is 0 Å². The summed E-state index contributed by atoms with van der Waals surface area (Å²) in [5.74, 6) is 3.29. The Balaban J connectivity index is 0.000000194. The third-order valence-corrected chi connectivity index (χ3v) is 11.3. The Morgan fingerprint density at radius 3 is 1.57 bits per heavy atom. The lowest BCUT2D eigenvalue weighted by atomic mass is 10.0. The van der Waals surface area contributed by atoms with E-state index in [2.05, 4.69) is 55.2 Å². The van der Waals surface area contributed by atoms with Crippen LogP contribution in [-0.2, 0) is 22.4 Å². The number of ketones is 2. The van der Waals surface area contributed by atoms with E-state index in [1.807, 2.05) is 64.1 Å². The second-order valence-corrected chi connectivity index (χ2v) is 16.9. The van der Waals surface area contributed by atoms with Gasteiger partial charge in [-0.05, 0) is 139 Å². The molecular weight excluding hydrogens is 821 g/mol. The fourth-order valence-corrected chi connectivity index (χ4v) is 8.30. The first-order valence-electron chi connectivity index (χ1n) is 22.2. The third kappa shape index (κ3) is 11.2. The molecule has 2 aliphatic rings. The van der Waals surface area contributed by atoms with Crippen LogP contribution >= 0.6 is 0 Å². The Bertz CT molecular complexity index is 2740. The van der Waals surface area contributed by atoms with Crippen LogP contribution in [0.1, 0.15) is 119 Å². The highest BCUT2D eigenvalue weighted by atomic mass is 16.5. The van der Waals surface area contributed by atoms with E-state index in [1.165, 1.54) is 22.3 Å². The molecule has 334 valence electrons. The van der Waals surface area contributed by atoms with E-state index >= 15 is 0 Å². The molecule has 0 saturated carbocycles. The van der Waals surface area contributed by atoms with Gasteiger partial charge < -0.3 is 33.9 Å². The SMILES string of the molecule is CC(=O)CCCN[C@H]1CCc2c(-c3noc(-c4ccc(OC(C)C)c(C#N)c4)n3)cccc21.CC(=O)CCN[C@@H]1CCc2c(-c3noc(-c4ccc(OC(C)C)c(C#N)c4)n3)cccc21. The van der Waals surface area contributed by atoms with Gasteiger partial charge in [-0.25, -0.2) is 0 Å². The number of nitriles is 2. The van der Waals surface area contributed by atoms with Crippen molar-refractivity contribution in [2.45, 2.75) is 111 Å². The number of nitrogens with one attached hydrogen (secondary N) is 2. The zero-order valence-corrected chi connectivity index (χ0v) is 37.7. The van der Waals surface area contributed by atoms with Gasteiger partial charge in [-0.15, -0.1) is 0 Å². The Morgan fingerprint density at radius 1 is 0.677 bits per heavy atom. The summed E-state index contributed by atoms with van der Waals surface area (Å²) in [4.78, 5) is 31.6. The van der Waals surface area contributed by atoms with Crippen LogP contribution in [0.4, 0.5) is 0 Å². The number of Topliss-reactive ketones (excluding diaryl/α,β-unsaturated/α-hetero) is 2. The van der Waals surface area contributed by atoms with Crippen molar-refractivity contribution < 1.29 is 28.1 Å². The lowest BCUT2D eigenvalue weighted by Gasteiger charge is -2.14. The Morgan fingerprint density at radius 2 is 1.14 bits per heavy atom. The predicted octanol–water partition coefficient (Wildman–Crippen LogP) is 9.63. The second kappa shape index (κ2) is 21.1. The largest absolute Gasteiger partial charge is 0.490 e. The van der Waals surface area contributed by atoms with Crippen LogP contribution in [0.2, 0.25) is 0 Å². The topological polar surface area (TPSA) is 202 Å². The van der Waals surface area contributed by atoms with E-state index in [0.29, 0.717) is 76.6 Å². The summed E-state index contributed by atoms with van der Waals surface area (Å²) in [7, 11) is 0. The van der Waals surface area contributed by atoms with Gasteiger partial charge in [0.05, 0.1) is 23.3 Å². The number of ether oxygens (including phenoxy) is 2. The van der Waals surface area contributed by atoms with Crippen molar-refractivity contribution in [3.05, 3.63) is 106 Å². The van der Waals surface area contributed by atoms with Crippen molar-refractivity contribution in [3.63, 3.8) is 0 Å². The molecule has 0 fully saturated rings. The number of hydrogen-bond donors (Lipinski definition) is 2. The van der Waals surface area contributed by atoms with E-state index in [9.17, 15) is 20.1 Å². The maximum atomic E-state index is 11.2. The fraction of sp³-hybridized carbons (Fsp3) is 0.373. The van der Waals surface area contributed by atoms with Gasteiger partial charge >= 0.3 is 0 Å². The van der Waals surface area contributed by atoms with E-state index in [0.717, 1.165) is 49.8 Å². The minimum Gasteiger partial charge on any atom is -0.490 e. The Labute approximate surface area is 379 Å². The highest BCUT2D eigenvalue weighted by Gasteiger charge is 2.28. The summed E-state index contributed by atoms with van der Waals surface area (Å²) in [6, 6.07) is 27.7. The monoisotopic (exact) mass is 874 g/mol. The molecule has 0 aliphatic heterocycles. The molecule has 0 spiro atoms. The zero-order chi connectivity index (χ0) is 46.0. The fourth-order valence-electron chi connectivity index (χ4n) is 8.30. The minimum absolute atomic E-state index is 0.0226. The summed E-state index contributed by atoms with van der Waals surface area (Å²) in [5.41, 5.74) is 9.04. The molecule has 2 aromatic heterocycles. The first kappa shape index (κ1) is 46.0. The molecule has 6 aromatic rings. The Kier molecular flexibility index (Phi) is 14.9. The number of rotatable bonds is 17. The molecule has 0 amide bonds. The van der Waals surface area contributed by atoms with E-state index < -0.39 is 0 Å². The lowest BCUT2D eigenvalue weighted by Crippen LogP contribution is -2.21. The van der Waals surface area contributed by atoms with Gasteiger partial charge in [0.2, 0.25) is 11.6 Å². The molecule has 8 rings (SSSR count). The molecule has 14 heteroatoms. The molecule has 4 aromatic carbocycles. The average Bonchev–Trinajstić information content (AvgIpc) is 4.13. The smallest absolute Gasteiger partial charge is 0.258 e. The Hall–Kier alpha value is -7.00. The van der Waals surface area contributed by atoms with Gasteiger partial charge in [-0.3, -0.25) is 4.79 Å². The first-order chi connectivity index (χ1) is 31.4. The van der Waals surface area contributed by atoms with E-state index in [-0.39, 0.29) is 35.9 Å². The molecular formula is C51H54N8O6. The number of carbonyl (C=O) groups excluding carboxylic acids is 2. The van der Waals surface area contributed by atoms with Crippen molar-refractivity contribution in [1.29, 1.82) is 10.5 Å². The lowest BCUT2D eigenvalue weighted by molar-refractivity contribution is -0.117. The second-order valence-electron chi connectivity index (χ2n) is 16.9. The van der Waals surface area contributed by atoms with Gasteiger partial charge in [0.25, 0.3) is 11.8 Å². The van der Waals surface area contributed by atoms with Crippen molar-refractivity contribution >= 4 is 11.6 Å². The number of carbonyl (C=O) groups is 2. The molecule has 2 N–H and O–H groups in total. The number of benzene rings is 4. The van der Waals surface area contributed by atoms with E-state index in [1.54, 1.807) is 38.1 Å². The third-order valence-electron chi connectivity index (χ3n) is 11.3. The average molecular weight is 875 g/mol. The summed E-state index contributed by atoms with van der Waals surface area (Å²) in [6.07, 6.45) is 5.75. The summed E-state index contributed by atoms with van der Waals surface area (Å²) in [5, 5.41) is 34.5.